The number of anilines is 1. The molecule has 0 spiro atoms. The lowest BCUT2D eigenvalue weighted by Gasteiger charge is -2.32. The van der Waals surface area contributed by atoms with E-state index in [2.05, 4.69) is 30.3 Å². The van der Waals surface area contributed by atoms with Gasteiger partial charge in [-0.3, -0.25) is 4.79 Å². The van der Waals surface area contributed by atoms with E-state index in [0.29, 0.717) is 23.9 Å². The Balaban J connectivity index is 1.41. The fraction of sp³-hybridized carbons (Fsp3) is 0.316. The third-order valence-corrected chi connectivity index (χ3v) is 5.19. The third kappa shape index (κ3) is 4.12. The van der Waals surface area contributed by atoms with E-state index in [1.165, 1.54) is 12.7 Å². The lowest BCUT2D eigenvalue weighted by atomic mass is 9.97. The zero-order chi connectivity index (χ0) is 19.3. The lowest BCUT2D eigenvalue weighted by Crippen LogP contribution is -2.43. The van der Waals surface area contributed by atoms with Crippen LogP contribution in [0.15, 0.2) is 49.3 Å². The van der Waals surface area contributed by atoms with Gasteiger partial charge < -0.3 is 10.2 Å². The van der Waals surface area contributed by atoms with Crippen molar-refractivity contribution in [3.63, 3.8) is 0 Å². The fourth-order valence-electron chi connectivity index (χ4n) is 3.33. The molecule has 0 bridgehead atoms. The molecule has 1 atom stereocenters. The summed E-state index contributed by atoms with van der Waals surface area (Å²) in [5, 5.41) is 7.77. The van der Waals surface area contributed by atoms with E-state index >= 15 is 0 Å². The van der Waals surface area contributed by atoms with E-state index in [4.69, 9.17) is 11.6 Å². The van der Waals surface area contributed by atoms with Gasteiger partial charge in [0.2, 0.25) is 5.91 Å². The molecule has 1 saturated heterocycles. The number of aromatic nitrogens is 5. The van der Waals surface area contributed by atoms with Crippen LogP contribution in [-0.2, 0) is 11.3 Å². The number of carbonyl (C=O) groups excluding carboxylic acids is 1. The Morgan fingerprint density at radius 2 is 2.07 bits per heavy atom. The molecule has 8 nitrogen and oxygen atoms in total. The van der Waals surface area contributed by atoms with E-state index in [1.54, 1.807) is 11.0 Å². The van der Waals surface area contributed by atoms with Crippen molar-refractivity contribution < 1.29 is 4.79 Å². The molecule has 1 N–H and O–H groups in total. The van der Waals surface area contributed by atoms with Crippen molar-refractivity contribution in [3.05, 3.63) is 59.9 Å². The predicted molar refractivity (Wildman–Crippen MR) is 105 cm³/mol. The van der Waals surface area contributed by atoms with Crippen LogP contribution in [0.3, 0.4) is 0 Å². The first-order chi connectivity index (χ1) is 13.7. The lowest BCUT2D eigenvalue weighted by molar-refractivity contribution is -0.125. The highest BCUT2D eigenvalue weighted by atomic mass is 35.5. The molecule has 1 aliphatic rings. The van der Waals surface area contributed by atoms with Gasteiger partial charge in [0.15, 0.2) is 5.82 Å². The largest absolute Gasteiger partial charge is 0.356 e. The smallest absolute Gasteiger partial charge is 0.225 e. The summed E-state index contributed by atoms with van der Waals surface area (Å²) in [6.45, 7) is 1.89. The molecule has 28 heavy (non-hydrogen) atoms. The van der Waals surface area contributed by atoms with Gasteiger partial charge in [-0.2, -0.15) is 5.10 Å². The number of carbonyl (C=O) groups is 1. The Hall–Kier alpha value is -3.00. The number of amides is 1. The number of piperidine rings is 1. The Kier molecular flexibility index (Phi) is 5.48. The average Bonchev–Trinajstić information content (AvgIpc) is 3.28. The van der Waals surface area contributed by atoms with Crippen molar-refractivity contribution in [1.82, 2.24) is 30.0 Å². The Bertz CT molecular complexity index is 947. The summed E-state index contributed by atoms with van der Waals surface area (Å²) in [4.78, 5) is 27.3. The third-order valence-electron chi connectivity index (χ3n) is 4.82. The quantitative estimate of drug-likeness (QED) is 0.710. The predicted octanol–water partition coefficient (Wildman–Crippen LogP) is 2.24. The van der Waals surface area contributed by atoms with E-state index in [-0.39, 0.29) is 11.8 Å². The van der Waals surface area contributed by atoms with Crippen LogP contribution in [0.1, 0.15) is 18.4 Å². The summed E-state index contributed by atoms with van der Waals surface area (Å²) in [7, 11) is 0. The number of halogens is 1. The second-order valence-corrected chi connectivity index (χ2v) is 7.08. The van der Waals surface area contributed by atoms with Crippen molar-refractivity contribution in [2.45, 2.75) is 19.4 Å². The molecule has 0 radical (unpaired) electrons. The molecule has 1 fully saturated rings. The van der Waals surface area contributed by atoms with Gasteiger partial charge in [0.05, 0.1) is 5.92 Å². The zero-order valence-electron chi connectivity index (χ0n) is 15.2. The maximum absolute atomic E-state index is 12.7. The minimum Gasteiger partial charge on any atom is -0.356 e. The van der Waals surface area contributed by atoms with Crippen LogP contribution in [0.5, 0.6) is 0 Å². The molecule has 1 aliphatic heterocycles. The normalized spacial score (nSPS) is 16.8. The Morgan fingerprint density at radius 3 is 2.89 bits per heavy atom. The molecular formula is C19H20ClN7O. The molecule has 9 heteroatoms. The highest BCUT2D eigenvalue weighted by Crippen LogP contribution is 2.23. The molecule has 2 aromatic heterocycles. The minimum atomic E-state index is -0.0963. The van der Waals surface area contributed by atoms with Crippen LogP contribution in [0.4, 0.5) is 5.82 Å². The van der Waals surface area contributed by atoms with Crippen molar-refractivity contribution in [2.24, 2.45) is 5.92 Å². The van der Waals surface area contributed by atoms with E-state index in [0.717, 1.165) is 30.8 Å². The highest BCUT2D eigenvalue weighted by molar-refractivity contribution is 6.31. The van der Waals surface area contributed by atoms with Crippen LogP contribution >= 0.6 is 11.6 Å². The number of nitrogens with one attached hydrogen (secondary N) is 1. The Labute approximate surface area is 167 Å². The number of hydrogen-bond donors (Lipinski definition) is 1. The average molecular weight is 398 g/mol. The fourth-order valence-corrected chi connectivity index (χ4v) is 3.53. The first-order valence-corrected chi connectivity index (χ1v) is 9.51. The molecular weight excluding hydrogens is 378 g/mol. The summed E-state index contributed by atoms with van der Waals surface area (Å²) in [5.74, 6) is 1.37. The van der Waals surface area contributed by atoms with Crippen molar-refractivity contribution >= 4 is 23.3 Å². The minimum absolute atomic E-state index is 0.0372. The van der Waals surface area contributed by atoms with Crippen LogP contribution in [0, 0.1) is 5.92 Å². The first kappa shape index (κ1) is 18.4. The van der Waals surface area contributed by atoms with E-state index in [9.17, 15) is 4.79 Å². The van der Waals surface area contributed by atoms with E-state index < -0.39 is 0 Å². The maximum atomic E-state index is 12.7. The molecule has 144 valence electrons. The van der Waals surface area contributed by atoms with E-state index in [1.807, 2.05) is 30.3 Å². The van der Waals surface area contributed by atoms with Crippen LogP contribution in [-0.4, -0.2) is 43.7 Å². The summed E-state index contributed by atoms with van der Waals surface area (Å²) in [6.07, 6.45) is 6.33. The summed E-state index contributed by atoms with van der Waals surface area (Å²) in [5.41, 5.74) is 0.915. The van der Waals surface area contributed by atoms with Gasteiger partial charge in [0.1, 0.15) is 24.8 Å². The molecule has 3 aromatic rings. The monoisotopic (exact) mass is 397 g/mol. The second kappa shape index (κ2) is 8.35. The van der Waals surface area contributed by atoms with Crippen molar-refractivity contribution in [3.8, 4) is 5.82 Å². The molecule has 3 heterocycles. The highest BCUT2D eigenvalue weighted by Gasteiger charge is 2.26. The molecule has 4 rings (SSSR count). The number of rotatable bonds is 5. The van der Waals surface area contributed by atoms with Crippen LogP contribution in [0.25, 0.3) is 5.82 Å². The molecule has 1 aromatic carbocycles. The van der Waals surface area contributed by atoms with Gasteiger partial charge in [-0.15, -0.1) is 0 Å². The zero-order valence-corrected chi connectivity index (χ0v) is 16.0. The Morgan fingerprint density at radius 1 is 1.21 bits per heavy atom. The summed E-state index contributed by atoms with van der Waals surface area (Å²) < 4.78 is 1.59. The maximum Gasteiger partial charge on any atom is 0.225 e. The second-order valence-electron chi connectivity index (χ2n) is 6.67. The van der Waals surface area contributed by atoms with Gasteiger partial charge >= 0.3 is 0 Å². The first-order valence-electron chi connectivity index (χ1n) is 9.14. The van der Waals surface area contributed by atoms with Gasteiger partial charge in [-0.25, -0.2) is 19.6 Å². The molecule has 0 aliphatic carbocycles. The van der Waals surface area contributed by atoms with Gasteiger partial charge in [0.25, 0.3) is 0 Å². The molecule has 0 unspecified atom stereocenters. The SMILES string of the molecule is O=C(NCc1ccccc1Cl)[C@H]1CCCN(c2cc(-n3cncn3)ncn2)C1. The topological polar surface area (TPSA) is 88.8 Å². The van der Waals surface area contributed by atoms with Crippen LogP contribution in [0.2, 0.25) is 5.02 Å². The summed E-state index contributed by atoms with van der Waals surface area (Å²) in [6, 6.07) is 9.40. The van der Waals surface area contributed by atoms with Crippen molar-refractivity contribution in [2.75, 3.05) is 18.0 Å². The standard InChI is InChI=1S/C19H20ClN7O/c20-16-6-2-1-4-14(16)9-22-19(28)15-5-3-7-26(10-15)17-8-18(24-12-23-17)27-13-21-11-25-27/h1-2,4,6,8,11-13,15H,3,5,7,9-10H2,(H,22,28)/t15-/m0/s1. The number of nitrogens with zero attached hydrogens (tertiary/aromatic N) is 6. The number of benzene rings is 1. The van der Waals surface area contributed by atoms with Gasteiger partial charge in [0, 0.05) is 30.7 Å². The van der Waals surface area contributed by atoms with Crippen LogP contribution < -0.4 is 10.2 Å². The van der Waals surface area contributed by atoms with Gasteiger partial charge in [-0.1, -0.05) is 29.8 Å². The number of hydrogen-bond acceptors (Lipinski definition) is 6. The van der Waals surface area contributed by atoms with Crippen molar-refractivity contribution in [1.29, 1.82) is 0 Å². The van der Waals surface area contributed by atoms with Gasteiger partial charge in [-0.05, 0) is 24.5 Å². The molecule has 0 saturated carbocycles. The summed E-state index contributed by atoms with van der Waals surface area (Å²) >= 11 is 6.17. The molecule has 1 amide bonds.